The standard InChI is InChI=1S/C9H12IN3S/c10-8-6-11-9(12-7-8)13-2-1-4-14-5-3-13/h6-7H,1-5H2. The molecule has 1 aromatic heterocycles. The summed E-state index contributed by atoms with van der Waals surface area (Å²) in [5.74, 6) is 3.34. The zero-order valence-electron chi connectivity index (χ0n) is 7.82. The first-order chi connectivity index (χ1) is 6.86. The highest BCUT2D eigenvalue weighted by atomic mass is 127. The van der Waals surface area contributed by atoms with Crippen LogP contribution in [0, 0.1) is 3.57 Å². The van der Waals surface area contributed by atoms with Gasteiger partial charge in [-0.1, -0.05) is 0 Å². The molecule has 3 nitrogen and oxygen atoms in total. The van der Waals surface area contributed by atoms with Crippen LogP contribution in [-0.2, 0) is 0 Å². The second-order valence-corrected chi connectivity index (χ2v) is 5.62. The zero-order chi connectivity index (χ0) is 9.80. The summed E-state index contributed by atoms with van der Waals surface area (Å²) in [6.45, 7) is 2.17. The largest absolute Gasteiger partial charge is 0.340 e. The van der Waals surface area contributed by atoms with E-state index in [1.54, 1.807) is 0 Å². The fourth-order valence-corrected chi connectivity index (χ4v) is 2.58. The van der Waals surface area contributed by atoms with Gasteiger partial charge in [-0.25, -0.2) is 9.97 Å². The minimum Gasteiger partial charge on any atom is -0.340 e. The Morgan fingerprint density at radius 1 is 1.21 bits per heavy atom. The Hall–Kier alpha value is -0.0400. The van der Waals surface area contributed by atoms with Gasteiger partial charge in [0.25, 0.3) is 0 Å². The molecule has 0 aromatic carbocycles. The smallest absolute Gasteiger partial charge is 0.225 e. The first-order valence-corrected chi connectivity index (χ1v) is 6.90. The van der Waals surface area contributed by atoms with Gasteiger partial charge >= 0.3 is 0 Å². The van der Waals surface area contributed by atoms with Gasteiger partial charge in [0.15, 0.2) is 0 Å². The summed E-state index contributed by atoms with van der Waals surface area (Å²) in [6, 6.07) is 0. The van der Waals surface area contributed by atoms with Crippen LogP contribution in [0.3, 0.4) is 0 Å². The van der Waals surface area contributed by atoms with Crippen LogP contribution in [0.4, 0.5) is 5.95 Å². The van der Waals surface area contributed by atoms with E-state index in [1.165, 1.54) is 17.9 Å². The number of halogens is 1. The summed E-state index contributed by atoms with van der Waals surface area (Å²) in [5, 5.41) is 0. The molecule has 1 saturated heterocycles. The second kappa shape index (κ2) is 5.16. The SMILES string of the molecule is Ic1cnc(N2CCCSCC2)nc1. The molecule has 0 bridgehead atoms. The molecule has 0 radical (unpaired) electrons. The molecule has 1 aliphatic rings. The maximum Gasteiger partial charge on any atom is 0.225 e. The van der Waals surface area contributed by atoms with Crippen LogP contribution in [0.5, 0.6) is 0 Å². The molecule has 2 heterocycles. The lowest BCUT2D eigenvalue weighted by Gasteiger charge is -2.19. The number of aromatic nitrogens is 2. The highest BCUT2D eigenvalue weighted by Crippen LogP contribution is 2.15. The average molecular weight is 321 g/mol. The molecule has 0 unspecified atom stereocenters. The first-order valence-electron chi connectivity index (χ1n) is 4.66. The minimum absolute atomic E-state index is 0.882. The van der Waals surface area contributed by atoms with Crippen molar-refractivity contribution < 1.29 is 0 Å². The van der Waals surface area contributed by atoms with Crippen LogP contribution in [-0.4, -0.2) is 34.6 Å². The number of thioether (sulfide) groups is 1. The molecule has 2 rings (SSSR count). The van der Waals surface area contributed by atoms with Crippen molar-refractivity contribution in [2.75, 3.05) is 29.5 Å². The van der Waals surface area contributed by atoms with E-state index in [9.17, 15) is 0 Å². The van der Waals surface area contributed by atoms with Crippen LogP contribution in [0.2, 0.25) is 0 Å². The highest BCUT2D eigenvalue weighted by Gasteiger charge is 2.11. The van der Waals surface area contributed by atoms with Crippen LogP contribution < -0.4 is 4.90 Å². The summed E-state index contributed by atoms with van der Waals surface area (Å²) in [7, 11) is 0. The highest BCUT2D eigenvalue weighted by molar-refractivity contribution is 14.1. The van der Waals surface area contributed by atoms with Gasteiger partial charge < -0.3 is 4.90 Å². The molecule has 76 valence electrons. The Bertz CT molecular complexity index is 283. The maximum atomic E-state index is 4.34. The molecule has 5 heteroatoms. The van der Waals surface area contributed by atoms with Gasteiger partial charge in [0.05, 0.1) is 0 Å². The molecule has 14 heavy (non-hydrogen) atoms. The summed E-state index contributed by atoms with van der Waals surface area (Å²) in [6.07, 6.45) is 4.99. The lowest BCUT2D eigenvalue weighted by Crippen LogP contribution is -2.27. The Morgan fingerprint density at radius 3 is 2.79 bits per heavy atom. The predicted octanol–water partition coefficient (Wildman–Crippen LogP) is 2.02. The number of rotatable bonds is 1. The lowest BCUT2D eigenvalue weighted by molar-refractivity contribution is 0.782. The van der Waals surface area contributed by atoms with Crippen LogP contribution in [0.15, 0.2) is 12.4 Å². The van der Waals surface area contributed by atoms with Crippen molar-refractivity contribution in [3.05, 3.63) is 16.0 Å². The molecule has 0 amide bonds. The normalized spacial score (nSPS) is 17.9. The van der Waals surface area contributed by atoms with E-state index < -0.39 is 0 Å². The Kier molecular flexibility index (Phi) is 3.86. The predicted molar refractivity (Wildman–Crippen MR) is 68.9 cm³/mol. The van der Waals surface area contributed by atoms with Gasteiger partial charge in [0.2, 0.25) is 5.95 Å². The van der Waals surface area contributed by atoms with Gasteiger partial charge in [-0.3, -0.25) is 0 Å². The summed E-state index contributed by atoms with van der Waals surface area (Å²) in [5.41, 5.74) is 0. The molecule has 0 spiro atoms. The van der Waals surface area contributed by atoms with Gasteiger partial charge in [0, 0.05) is 34.8 Å². The van der Waals surface area contributed by atoms with Crippen LogP contribution in [0.1, 0.15) is 6.42 Å². The molecule has 0 atom stereocenters. The molecular formula is C9H12IN3S. The van der Waals surface area contributed by atoms with Crippen molar-refractivity contribution in [3.63, 3.8) is 0 Å². The first kappa shape index (κ1) is 10.5. The van der Waals surface area contributed by atoms with Crippen molar-refractivity contribution >= 4 is 40.3 Å². The van der Waals surface area contributed by atoms with Crippen molar-refractivity contribution in [2.24, 2.45) is 0 Å². The van der Waals surface area contributed by atoms with Gasteiger partial charge in [-0.2, -0.15) is 11.8 Å². The Labute approximate surface area is 102 Å². The van der Waals surface area contributed by atoms with E-state index in [-0.39, 0.29) is 0 Å². The molecule has 1 aliphatic heterocycles. The third-order valence-corrected chi connectivity index (χ3v) is 3.72. The maximum absolute atomic E-state index is 4.34. The fourth-order valence-electron chi connectivity index (χ4n) is 1.41. The van der Waals surface area contributed by atoms with E-state index in [0.29, 0.717) is 0 Å². The zero-order valence-corrected chi connectivity index (χ0v) is 10.8. The van der Waals surface area contributed by atoms with Gasteiger partial charge in [-0.05, 0) is 34.8 Å². The number of anilines is 1. The minimum atomic E-state index is 0.882. The molecule has 0 N–H and O–H groups in total. The summed E-state index contributed by atoms with van der Waals surface area (Å²) in [4.78, 5) is 11.0. The van der Waals surface area contributed by atoms with Crippen molar-refractivity contribution in [1.29, 1.82) is 0 Å². The van der Waals surface area contributed by atoms with Crippen LogP contribution >= 0.6 is 34.4 Å². The Morgan fingerprint density at radius 2 is 2.00 bits per heavy atom. The molecule has 1 fully saturated rings. The molecular weight excluding hydrogens is 309 g/mol. The monoisotopic (exact) mass is 321 g/mol. The van der Waals surface area contributed by atoms with Crippen LogP contribution in [0.25, 0.3) is 0 Å². The average Bonchev–Trinajstić information content (AvgIpc) is 2.47. The van der Waals surface area contributed by atoms with Gasteiger partial charge in [0.1, 0.15) is 0 Å². The van der Waals surface area contributed by atoms with E-state index >= 15 is 0 Å². The lowest BCUT2D eigenvalue weighted by atomic mass is 10.4. The quantitative estimate of drug-likeness (QED) is 0.740. The molecule has 0 aliphatic carbocycles. The topological polar surface area (TPSA) is 29.0 Å². The second-order valence-electron chi connectivity index (χ2n) is 3.15. The fraction of sp³-hybridized carbons (Fsp3) is 0.556. The summed E-state index contributed by atoms with van der Waals surface area (Å²) >= 11 is 4.25. The van der Waals surface area contributed by atoms with Crippen molar-refractivity contribution in [1.82, 2.24) is 9.97 Å². The Balaban J connectivity index is 2.08. The third kappa shape index (κ3) is 2.73. The van der Waals surface area contributed by atoms with E-state index in [1.807, 2.05) is 24.2 Å². The van der Waals surface area contributed by atoms with E-state index in [4.69, 9.17) is 0 Å². The molecule has 1 aromatic rings. The van der Waals surface area contributed by atoms with Crippen molar-refractivity contribution in [3.8, 4) is 0 Å². The number of hydrogen-bond acceptors (Lipinski definition) is 4. The third-order valence-electron chi connectivity index (χ3n) is 2.11. The van der Waals surface area contributed by atoms with Crippen molar-refractivity contribution in [2.45, 2.75) is 6.42 Å². The number of nitrogens with zero attached hydrogens (tertiary/aromatic N) is 3. The van der Waals surface area contributed by atoms with E-state index in [0.717, 1.165) is 22.6 Å². The number of hydrogen-bond donors (Lipinski definition) is 0. The summed E-state index contributed by atoms with van der Waals surface area (Å²) < 4.78 is 1.09. The van der Waals surface area contributed by atoms with E-state index in [2.05, 4.69) is 37.5 Å². The molecule has 0 saturated carbocycles. The van der Waals surface area contributed by atoms with Gasteiger partial charge in [-0.15, -0.1) is 0 Å².